The smallest absolute Gasteiger partial charge is 0.251 e. The minimum Gasteiger partial charge on any atom is -0.349 e. The molecule has 5 rings (SSSR count). The maximum absolute atomic E-state index is 12.2. The highest BCUT2D eigenvalue weighted by molar-refractivity contribution is 7.98. The van der Waals surface area contributed by atoms with Gasteiger partial charge in [-0.1, -0.05) is 42.1 Å². The number of hydrogen-bond acceptors (Lipinski definition) is 5. The van der Waals surface area contributed by atoms with Gasteiger partial charge >= 0.3 is 0 Å². The third kappa shape index (κ3) is 4.57. The molecule has 4 aromatic rings. The lowest BCUT2D eigenvalue weighted by molar-refractivity contribution is 0.0951. The summed E-state index contributed by atoms with van der Waals surface area (Å²) in [7, 11) is 0. The molecule has 0 aliphatic heterocycles. The highest BCUT2D eigenvalue weighted by Crippen LogP contribution is 2.32. The summed E-state index contributed by atoms with van der Waals surface area (Å²) in [4.78, 5) is 13.3. The fraction of sp³-hybridized carbons (Fsp3) is 0.208. The maximum Gasteiger partial charge on any atom is 0.251 e. The molecule has 7 heteroatoms. The third-order valence-corrected chi connectivity index (χ3v) is 7.00. The van der Waals surface area contributed by atoms with Crippen LogP contribution in [0.2, 0.25) is 0 Å². The van der Waals surface area contributed by atoms with E-state index in [4.69, 9.17) is 0 Å². The molecular formula is C24H22N4OS2. The Morgan fingerprint density at radius 2 is 1.97 bits per heavy atom. The lowest BCUT2D eigenvalue weighted by Crippen LogP contribution is -2.25. The molecule has 1 aliphatic carbocycles. The van der Waals surface area contributed by atoms with E-state index in [0.717, 1.165) is 45.7 Å². The van der Waals surface area contributed by atoms with E-state index in [-0.39, 0.29) is 5.91 Å². The van der Waals surface area contributed by atoms with Gasteiger partial charge in [-0.15, -0.1) is 21.5 Å². The molecule has 0 atom stereocenters. The van der Waals surface area contributed by atoms with Gasteiger partial charge in [0, 0.05) is 17.4 Å². The van der Waals surface area contributed by atoms with Crippen LogP contribution in [-0.4, -0.2) is 26.7 Å². The molecular weight excluding hydrogens is 424 g/mol. The molecule has 0 bridgehead atoms. The molecule has 0 unspecified atom stereocenters. The molecule has 156 valence electrons. The van der Waals surface area contributed by atoms with Crippen molar-refractivity contribution in [3.8, 4) is 16.4 Å². The number of nitrogens with one attached hydrogen (secondary N) is 1. The van der Waals surface area contributed by atoms with Gasteiger partial charge in [0.2, 0.25) is 0 Å². The normalized spacial score (nSPS) is 13.3. The van der Waals surface area contributed by atoms with E-state index in [1.54, 1.807) is 23.1 Å². The lowest BCUT2D eigenvalue weighted by Gasteiger charge is -2.10. The van der Waals surface area contributed by atoms with Crippen molar-refractivity contribution in [2.45, 2.75) is 36.7 Å². The van der Waals surface area contributed by atoms with Crippen LogP contribution in [0, 0.1) is 6.92 Å². The summed E-state index contributed by atoms with van der Waals surface area (Å²) in [5, 5.41) is 14.9. The molecule has 31 heavy (non-hydrogen) atoms. The van der Waals surface area contributed by atoms with E-state index in [1.165, 1.54) is 5.56 Å². The second-order valence-corrected chi connectivity index (χ2v) is 9.58. The van der Waals surface area contributed by atoms with E-state index in [0.29, 0.717) is 11.6 Å². The molecule has 1 amide bonds. The molecule has 1 aliphatic rings. The second kappa shape index (κ2) is 8.69. The summed E-state index contributed by atoms with van der Waals surface area (Å²) < 4.78 is 2.13. The maximum atomic E-state index is 12.2. The Morgan fingerprint density at radius 3 is 2.68 bits per heavy atom. The highest BCUT2D eigenvalue weighted by atomic mass is 32.2. The molecule has 1 N–H and O–H groups in total. The number of thiophene rings is 1. The number of hydrogen-bond donors (Lipinski definition) is 1. The average Bonchev–Trinajstić information content (AvgIpc) is 3.26. The number of rotatable bonds is 7. The van der Waals surface area contributed by atoms with Crippen molar-refractivity contribution in [3.05, 3.63) is 82.7 Å². The molecule has 2 heterocycles. The number of amides is 1. The van der Waals surface area contributed by atoms with Crippen molar-refractivity contribution in [1.29, 1.82) is 0 Å². The van der Waals surface area contributed by atoms with E-state index in [9.17, 15) is 4.79 Å². The Bertz CT molecular complexity index is 1190. The van der Waals surface area contributed by atoms with Gasteiger partial charge in [-0.3, -0.25) is 9.36 Å². The molecule has 0 spiro atoms. The van der Waals surface area contributed by atoms with Crippen LogP contribution in [0.15, 0.2) is 71.2 Å². The molecule has 2 aromatic heterocycles. The Labute approximate surface area is 189 Å². The minimum atomic E-state index is 0.0153. The number of aromatic nitrogens is 3. The van der Waals surface area contributed by atoms with Crippen LogP contribution in [0.5, 0.6) is 0 Å². The first-order valence-corrected chi connectivity index (χ1v) is 12.1. The first-order valence-electron chi connectivity index (χ1n) is 10.3. The van der Waals surface area contributed by atoms with Crippen LogP contribution in [0.25, 0.3) is 16.4 Å². The van der Waals surface area contributed by atoms with Crippen LogP contribution in [0.4, 0.5) is 0 Å². The second-order valence-electron chi connectivity index (χ2n) is 7.69. The van der Waals surface area contributed by atoms with Gasteiger partial charge in [0.05, 0.1) is 10.6 Å². The van der Waals surface area contributed by atoms with Crippen molar-refractivity contribution in [1.82, 2.24) is 20.1 Å². The van der Waals surface area contributed by atoms with Gasteiger partial charge in [-0.2, -0.15) is 0 Å². The number of benzene rings is 2. The first kappa shape index (κ1) is 20.0. The molecule has 1 saturated carbocycles. The quantitative estimate of drug-likeness (QED) is 0.382. The van der Waals surface area contributed by atoms with Crippen LogP contribution in [-0.2, 0) is 5.75 Å². The Hall–Kier alpha value is -2.90. The topological polar surface area (TPSA) is 59.8 Å². The summed E-state index contributed by atoms with van der Waals surface area (Å²) in [6.45, 7) is 2.09. The van der Waals surface area contributed by atoms with Crippen LogP contribution in [0.1, 0.15) is 34.3 Å². The van der Waals surface area contributed by atoms with Gasteiger partial charge in [0.15, 0.2) is 11.0 Å². The van der Waals surface area contributed by atoms with E-state index in [2.05, 4.69) is 62.7 Å². The summed E-state index contributed by atoms with van der Waals surface area (Å²) in [5.74, 6) is 1.62. The average molecular weight is 447 g/mol. The summed E-state index contributed by atoms with van der Waals surface area (Å²) >= 11 is 3.31. The van der Waals surface area contributed by atoms with Gasteiger partial charge in [-0.25, -0.2) is 0 Å². The number of nitrogens with zero attached hydrogens (tertiary/aromatic N) is 3. The standard InChI is InChI=1S/C24H22N4OS2/c1-16-4-2-5-20(14-16)28-22(21-6-3-13-30-21)26-27-24(28)31-15-17-7-9-18(10-8-17)23(29)25-19-11-12-19/h2-10,13-14,19H,11-12,15H2,1H3,(H,25,29). The Morgan fingerprint density at radius 1 is 1.13 bits per heavy atom. The predicted octanol–water partition coefficient (Wildman–Crippen LogP) is 5.49. The van der Waals surface area contributed by atoms with Gasteiger partial charge < -0.3 is 5.32 Å². The first-order chi connectivity index (χ1) is 15.2. The number of carbonyl (C=O) groups is 1. The largest absolute Gasteiger partial charge is 0.349 e. The minimum absolute atomic E-state index is 0.0153. The van der Waals surface area contributed by atoms with Crippen LogP contribution in [0.3, 0.4) is 0 Å². The Balaban J connectivity index is 1.37. The van der Waals surface area contributed by atoms with Gasteiger partial charge in [0.25, 0.3) is 5.91 Å². The van der Waals surface area contributed by atoms with E-state index in [1.807, 2.05) is 30.3 Å². The van der Waals surface area contributed by atoms with Crippen LogP contribution >= 0.6 is 23.1 Å². The van der Waals surface area contributed by atoms with Gasteiger partial charge in [-0.05, 0) is 66.6 Å². The number of carbonyl (C=O) groups excluding carboxylic acids is 1. The lowest BCUT2D eigenvalue weighted by atomic mass is 10.1. The Kier molecular flexibility index (Phi) is 5.61. The molecule has 0 radical (unpaired) electrons. The summed E-state index contributed by atoms with van der Waals surface area (Å²) in [6, 6.07) is 20.7. The molecule has 2 aromatic carbocycles. The zero-order valence-electron chi connectivity index (χ0n) is 17.1. The van der Waals surface area contributed by atoms with Crippen molar-refractivity contribution in [3.63, 3.8) is 0 Å². The van der Waals surface area contributed by atoms with Gasteiger partial charge in [0.1, 0.15) is 0 Å². The zero-order chi connectivity index (χ0) is 21.2. The zero-order valence-corrected chi connectivity index (χ0v) is 18.7. The van der Waals surface area contributed by atoms with E-state index < -0.39 is 0 Å². The number of aryl methyl sites for hydroxylation is 1. The molecule has 0 saturated heterocycles. The fourth-order valence-corrected chi connectivity index (χ4v) is 4.93. The monoisotopic (exact) mass is 446 g/mol. The molecule has 5 nitrogen and oxygen atoms in total. The van der Waals surface area contributed by atoms with Crippen LogP contribution < -0.4 is 5.32 Å². The SMILES string of the molecule is Cc1cccc(-n2c(SCc3ccc(C(=O)NC4CC4)cc3)nnc2-c2cccs2)c1. The fourth-order valence-electron chi connectivity index (χ4n) is 3.33. The van der Waals surface area contributed by atoms with E-state index >= 15 is 0 Å². The third-order valence-electron chi connectivity index (χ3n) is 5.13. The predicted molar refractivity (Wildman–Crippen MR) is 126 cm³/mol. The van der Waals surface area contributed by atoms with Crippen molar-refractivity contribution in [2.24, 2.45) is 0 Å². The summed E-state index contributed by atoms with van der Waals surface area (Å²) in [6.07, 6.45) is 2.19. The highest BCUT2D eigenvalue weighted by Gasteiger charge is 2.23. The number of thioether (sulfide) groups is 1. The van der Waals surface area contributed by atoms with Crippen molar-refractivity contribution < 1.29 is 4.79 Å². The summed E-state index contributed by atoms with van der Waals surface area (Å²) in [5.41, 5.74) is 4.11. The molecule has 1 fully saturated rings. The van der Waals surface area contributed by atoms with Crippen molar-refractivity contribution in [2.75, 3.05) is 0 Å². The van der Waals surface area contributed by atoms with Crippen molar-refractivity contribution >= 4 is 29.0 Å².